The number of hydrogen-bond donors (Lipinski definition) is 1. The summed E-state index contributed by atoms with van der Waals surface area (Å²) in [6.45, 7) is 4.23. The molecule has 2 aromatic rings. The molecular weight excluding hydrogens is 386 g/mol. The molecule has 0 aromatic heterocycles. The summed E-state index contributed by atoms with van der Waals surface area (Å²) >= 11 is 6.17. The number of amides is 1. The summed E-state index contributed by atoms with van der Waals surface area (Å²) in [6, 6.07) is 9.57. The first-order valence-corrected chi connectivity index (χ1v) is 9.13. The summed E-state index contributed by atoms with van der Waals surface area (Å²) < 4.78 is 21.5. The predicted octanol–water partition coefficient (Wildman–Crippen LogP) is 3.69. The van der Waals surface area contributed by atoms with Crippen LogP contribution in [-0.2, 0) is 9.53 Å². The van der Waals surface area contributed by atoms with Crippen molar-refractivity contribution >= 4 is 29.2 Å². The van der Waals surface area contributed by atoms with Crippen LogP contribution in [0.4, 0.5) is 5.69 Å². The number of nitrogens with one attached hydrogen (secondary N) is 1. The first-order chi connectivity index (χ1) is 13.4. The topological polar surface area (TPSA) is 83.1 Å². The average molecular weight is 406 g/mol. The van der Waals surface area contributed by atoms with Crippen molar-refractivity contribution in [2.75, 3.05) is 25.1 Å². The van der Waals surface area contributed by atoms with Gasteiger partial charge in [-0.3, -0.25) is 4.79 Å². The maximum absolute atomic E-state index is 12.2. The van der Waals surface area contributed by atoms with Gasteiger partial charge in [0.25, 0.3) is 5.91 Å². The average Bonchev–Trinajstić information content (AvgIpc) is 2.67. The fourth-order valence-electron chi connectivity index (χ4n) is 2.46. The SMILES string of the molecule is CC(C)OC(=O)c1ccc(OCC(=O)Nc2cc3c(cc2Cl)OCCO3)cc1. The van der Waals surface area contributed by atoms with Crippen molar-refractivity contribution in [3.63, 3.8) is 0 Å². The van der Waals surface area contributed by atoms with Crippen LogP contribution in [0.5, 0.6) is 17.2 Å². The first-order valence-electron chi connectivity index (χ1n) is 8.75. The monoisotopic (exact) mass is 405 g/mol. The molecule has 0 saturated heterocycles. The van der Waals surface area contributed by atoms with Gasteiger partial charge >= 0.3 is 5.97 Å². The highest BCUT2D eigenvalue weighted by molar-refractivity contribution is 6.34. The van der Waals surface area contributed by atoms with Crippen LogP contribution in [0.1, 0.15) is 24.2 Å². The Hall–Kier alpha value is -2.93. The second kappa shape index (κ2) is 8.84. The number of rotatable bonds is 6. The van der Waals surface area contributed by atoms with Crippen LogP contribution >= 0.6 is 11.6 Å². The highest BCUT2D eigenvalue weighted by atomic mass is 35.5. The van der Waals surface area contributed by atoms with E-state index in [4.69, 9.17) is 30.5 Å². The molecule has 1 amide bonds. The first kappa shape index (κ1) is 19.8. The van der Waals surface area contributed by atoms with Gasteiger partial charge in [0.05, 0.1) is 22.4 Å². The summed E-state index contributed by atoms with van der Waals surface area (Å²) in [6.07, 6.45) is -0.195. The zero-order valence-corrected chi connectivity index (χ0v) is 16.2. The fourth-order valence-corrected chi connectivity index (χ4v) is 2.67. The van der Waals surface area contributed by atoms with E-state index in [-0.39, 0.29) is 18.6 Å². The zero-order chi connectivity index (χ0) is 20.1. The molecule has 3 rings (SSSR count). The van der Waals surface area contributed by atoms with Gasteiger partial charge in [-0.25, -0.2) is 4.79 Å². The highest BCUT2D eigenvalue weighted by Gasteiger charge is 2.16. The lowest BCUT2D eigenvalue weighted by atomic mass is 10.2. The van der Waals surface area contributed by atoms with Gasteiger partial charge < -0.3 is 24.3 Å². The molecule has 2 aromatic carbocycles. The largest absolute Gasteiger partial charge is 0.486 e. The van der Waals surface area contributed by atoms with E-state index >= 15 is 0 Å². The van der Waals surface area contributed by atoms with Crippen molar-refractivity contribution in [3.8, 4) is 17.2 Å². The van der Waals surface area contributed by atoms with Gasteiger partial charge in [0.1, 0.15) is 19.0 Å². The van der Waals surface area contributed by atoms with E-state index in [1.54, 1.807) is 50.2 Å². The van der Waals surface area contributed by atoms with Crippen LogP contribution < -0.4 is 19.5 Å². The highest BCUT2D eigenvalue weighted by Crippen LogP contribution is 2.37. The van der Waals surface area contributed by atoms with Crippen molar-refractivity contribution in [2.45, 2.75) is 20.0 Å². The molecule has 0 fully saturated rings. The lowest BCUT2D eigenvalue weighted by Crippen LogP contribution is -2.21. The van der Waals surface area contributed by atoms with Crippen LogP contribution in [0.3, 0.4) is 0 Å². The number of carbonyl (C=O) groups is 2. The summed E-state index contributed by atoms with van der Waals surface area (Å²) in [5.74, 6) is 0.719. The van der Waals surface area contributed by atoms with E-state index in [2.05, 4.69) is 5.32 Å². The third kappa shape index (κ3) is 5.07. The fraction of sp³-hybridized carbons (Fsp3) is 0.300. The number of hydrogen-bond acceptors (Lipinski definition) is 6. The smallest absolute Gasteiger partial charge is 0.338 e. The van der Waals surface area contributed by atoms with Gasteiger partial charge in [0.15, 0.2) is 18.1 Å². The van der Waals surface area contributed by atoms with Crippen molar-refractivity contribution in [1.29, 1.82) is 0 Å². The molecule has 0 spiro atoms. The molecular formula is C20H20ClNO6. The van der Waals surface area contributed by atoms with Gasteiger partial charge in [-0.05, 0) is 38.1 Å². The Morgan fingerprint density at radius 3 is 2.39 bits per heavy atom. The number of ether oxygens (including phenoxy) is 4. The van der Waals surface area contributed by atoms with Crippen LogP contribution in [-0.4, -0.2) is 37.8 Å². The molecule has 0 saturated carbocycles. The number of fused-ring (bicyclic) bond motifs is 1. The number of carbonyl (C=O) groups excluding carboxylic acids is 2. The van der Waals surface area contributed by atoms with Crippen LogP contribution in [0.2, 0.25) is 5.02 Å². The Bertz CT molecular complexity index is 866. The van der Waals surface area contributed by atoms with E-state index < -0.39 is 5.97 Å². The Labute approximate surface area is 167 Å². The van der Waals surface area contributed by atoms with Crippen LogP contribution in [0.15, 0.2) is 36.4 Å². The molecule has 1 heterocycles. The van der Waals surface area contributed by atoms with Gasteiger partial charge in [-0.15, -0.1) is 0 Å². The zero-order valence-electron chi connectivity index (χ0n) is 15.5. The molecule has 28 heavy (non-hydrogen) atoms. The number of benzene rings is 2. The maximum atomic E-state index is 12.2. The predicted molar refractivity (Wildman–Crippen MR) is 104 cm³/mol. The summed E-state index contributed by atoms with van der Waals surface area (Å²) in [4.78, 5) is 24.0. The third-order valence-electron chi connectivity index (χ3n) is 3.71. The minimum absolute atomic E-state index is 0.195. The number of halogens is 1. The molecule has 0 unspecified atom stereocenters. The Kier molecular flexibility index (Phi) is 6.26. The van der Waals surface area contributed by atoms with E-state index in [1.165, 1.54) is 0 Å². The normalized spacial score (nSPS) is 12.4. The molecule has 1 aliphatic rings. The molecule has 0 bridgehead atoms. The van der Waals surface area contributed by atoms with Crippen molar-refractivity contribution in [1.82, 2.24) is 0 Å². The minimum atomic E-state index is -0.410. The molecule has 0 atom stereocenters. The summed E-state index contributed by atoms with van der Waals surface area (Å²) in [5.41, 5.74) is 0.819. The number of esters is 1. The van der Waals surface area contributed by atoms with Crippen LogP contribution in [0.25, 0.3) is 0 Å². The van der Waals surface area contributed by atoms with E-state index in [9.17, 15) is 9.59 Å². The molecule has 0 radical (unpaired) electrons. The van der Waals surface area contributed by atoms with Gasteiger partial charge in [0.2, 0.25) is 0 Å². The van der Waals surface area contributed by atoms with Gasteiger partial charge in [-0.2, -0.15) is 0 Å². The maximum Gasteiger partial charge on any atom is 0.338 e. The third-order valence-corrected chi connectivity index (χ3v) is 4.02. The standard InChI is InChI=1S/C20H20ClNO6/c1-12(2)28-20(24)13-3-5-14(6-4-13)27-11-19(23)22-16-10-18-17(9-15(16)21)25-7-8-26-18/h3-6,9-10,12H,7-8,11H2,1-2H3,(H,22,23). The molecule has 148 valence electrons. The molecule has 7 nitrogen and oxygen atoms in total. The van der Waals surface area contributed by atoms with E-state index in [0.717, 1.165) is 0 Å². The van der Waals surface area contributed by atoms with Gasteiger partial charge in [0, 0.05) is 12.1 Å². The molecule has 0 aliphatic carbocycles. The second-order valence-corrected chi connectivity index (χ2v) is 6.70. The number of anilines is 1. The summed E-state index contributed by atoms with van der Waals surface area (Å²) in [5, 5.41) is 3.01. The Morgan fingerprint density at radius 1 is 1.11 bits per heavy atom. The van der Waals surface area contributed by atoms with Crippen molar-refractivity contribution < 1.29 is 28.5 Å². The molecule has 8 heteroatoms. The molecule has 1 N–H and O–H groups in total. The Balaban J connectivity index is 1.55. The minimum Gasteiger partial charge on any atom is -0.486 e. The quantitative estimate of drug-likeness (QED) is 0.738. The van der Waals surface area contributed by atoms with E-state index in [0.29, 0.717) is 46.7 Å². The van der Waals surface area contributed by atoms with Gasteiger partial charge in [-0.1, -0.05) is 11.6 Å². The van der Waals surface area contributed by atoms with E-state index in [1.807, 2.05) is 0 Å². The van der Waals surface area contributed by atoms with Crippen molar-refractivity contribution in [3.05, 3.63) is 47.0 Å². The molecule has 1 aliphatic heterocycles. The summed E-state index contributed by atoms with van der Waals surface area (Å²) in [7, 11) is 0. The van der Waals surface area contributed by atoms with Crippen molar-refractivity contribution in [2.24, 2.45) is 0 Å². The Morgan fingerprint density at radius 2 is 1.75 bits per heavy atom. The second-order valence-electron chi connectivity index (χ2n) is 6.29. The lowest BCUT2D eigenvalue weighted by Gasteiger charge is -2.20. The lowest BCUT2D eigenvalue weighted by molar-refractivity contribution is -0.118. The van der Waals surface area contributed by atoms with Crippen LogP contribution in [0, 0.1) is 0 Å².